The Bertz CT molecular complexity index is 243. The van der Waals surface area contributed by atoms with Crippen molar-refractivity contribution in [3.05, 3.63) is 0 Å². The molecule has 1 aliphatic heterocycles. The first-order valence-corrected chi connectivity index (χ1v) is 5.86. The molecule has 0 aromatic carbocycles. The summed E-state index contributed by atoms with van der Waals surface area (Å²) in [6.45, 7) is 2.06. The van der Waals surface area contributed by atoms with E-state index < -0.39 is 12.3 Å². The van der Waals surface area contributed by atoms with E-state index in [0.29, 0.717) is 18.4 Å². The lowest BCUT2D eigenvalue weighted by molar-refractivity contribution is -0.147. The lowest BCUT2D eigenvalue weighted by atomic mass is 10.1. The molecule has 1 aliphatic rings. The molecule has 1 saturated heterocycles. The van der Waals surface area contributed by atoms with Crippen molar-refractivity contribution in [1.82, 2.24) is 0 Å². The van der Waals surface area contributed by atoms with E-state index in [1.165, 1.54) is 0 Å². The lowest BCUT2D eigenvalue weighted by Gasteiger charge is -2.27. The van der Waals surface area contributed by atoms with Gasteiger partial charge in [-0.25, -0.2) is 4.79 Å². The Morgan fingerprint density at radius 2 is 2.20 bits per heavy atom. The molecule has 1 heterocycles. The molecule has 0 saturated carbocycles. The second-order valence-corrected chi connectivity index (χ2v) is 3.78. The molecule has 15 heavy (non-hydrogen) atoms. The monoisotopic (exact) mass is 280 g/mol. The zero-order chi connectivity index (χ0) is 11.3. The highest BCUT2D eigenvalue weighted by atomic mass is 79.9. The Morgan fingerprint density at radius 1 is 1.53 bits per heavy atom. The maximum Gasteiger partial charge on any atom is 0.508 e. The zero-order valence-corrected chi connectivity index (χ0v) is 9.99. The van der Waals surface area contributed by atoms with Crippen LogP contribution in [0, 0.1) is 0 Å². The van der Waals surface area contributed by atoms with Crippen molar-refractivity contribution in [2.75, 3.05) is 11.9 Å². The highest BCUT2D eigenvalue weighted by Crippen LogP contribution is 2.19. The van der Waals surface area contributed by atoms with Crippen LogP contribution in [0.25, 0.3) is 0 Å². The van der Waals surface area contributed by atoms with Crippen LogP contribution in [0.3, 0.4) is 0 Å². The minimum absolute atomic E-state index is 0.0897. The van der Waals surface area contributed by atoms with Gasteiger partial charge in [-0.05, 0) is 6.92 Å². The Hall–Kier alpha value is -0.780. The Kier molecular flexibility index (Phi) is 4.87. The largest absolute Gasteiger partial charge is 0.508 e. The van der Waals surface area contributed by atoms with Crippen LogP contribution in [-0.4, -0.2) is 36.3 Å². The quantitative estimate of drug-likeness (QED) is 0.579. The van der Waals surface area contributed by atoms with E-state index >= 15 is 0 Å². The summed E-state index contributed by atoms with van der Waals surface area (Å²) in [7, 11) is 0. The molecule has 1 rings (SSSR count). The third-order valence-electron chi connectivity index (χ3n) is 1.92. The maximum atomic E-state index is 11.1. The van der Waals surface area contributed by atoms with Crippen LogP contribution in [-0.2, 0) is 19.0 Å². The van der Waals surface area contributed by atoms with E-state index in [0.717, 1.165) is 0 Å². The fourth-order valence-electron chi connectivity index (χ4n) is 1.31. The molecule has 0 bridgehead atoms. The molecule has 0 aromatic heterocycles. The second kappa shape index (κ2) is 5.95. The Labute approximate surface area is 96.2 Å². The topological polar surface area (TPSA) is 61.8 Å². The molecule has 0 unspecified atom stereocenters. The number of ether oxygens (including phenoxy) is 3. The molecular weight excluding hydrogens is 268 g/mol. The van der Waals surface area contributed by atoms with Crippen molar-refractivity contribution in [1.29, 1.82) is 0 Å². The van der Waals surface area contributed by atoms with Crippen LogP contribution in [0.1, 0.15) is 19.8 Å². The number of carbonyl (C=O) groups excluding carboxylic acids is 2. The molecule has 2 atom stereocenters. The highest BCUT2D eigenvalue weighted by molar-refractivity contribution is 9.09. The summed E-state index contributed by atoms with van der Waals surface area (Å²) < 4.78 is 14.5. The molecule has 6 heteroatoms. The summed E-state index contributed by atoms with van der Waals surface area (Å²) in [5, 5.41) is 0.543. The predicted molar refractivity (Wildman–Crippen MR) is 54.8 cm³/mol. The number of alkyl halides is 1. The van der Waals surface area contributed by atoms with Gasteiger partial charge in [0.1, 0.15) is 12.2 Å². The van der Waals surface area contributed by atoms with Crippen molar-refractivity contribution < 1.29 is 23.8 Å². The first-order chi connectivity index (χ1) is 7.15. The maximum absolute atomic E-state index is 11.1. The van der Waals surface area contributed by atoms with Gasteiger partial charge >= 0.3 is 12.1 Å². The van der Waals surface area contributed by atoms with Gasteiger partial charge in [0.15, 0.2) is 0 Å². The van der Waals surface area contributed by atoms with Gasteiger partial charge in [-0.15, -0.1) is 0 Å². The van der Waals surface area contributed by atoms with Gasteiger partial charge in [-0.1, -0.05) is 15.9 Å². The number of hydrogen-bond acceptors (Lipinski definition) is 5. The molecule has 5 nitrogen and oxygen atoms in total. The van der Waals surface area contributed by atoms with E-state index in [2.05, 4.69) is 15.9 Å². The highest BCUT2D eigenvalue weighted by Gasteiger charge is 2.30. The van der Waals surface area contributed by atoms with Gasteiger partial charge in [0.05, 0.1) is 13.0 Å². The summed E-state index contributed by atoms with van der Waals surface area (Å²) in [6, 6.07) is 0. The number of esters is 1. The molecule has 0 N–H and O–H groups in total. The van der Waals surface area contributed by atoms with Crippen LogP contribution < -0.4 is 0 Å². The van der Waals surface area contributed by atoms with Gasteiger partial charge < -0.3 is 14.2 Å². The van der Waals surface area contributed by atoms with E-state index in [9.17, 15) is 9.59 Å². The van der Waals surface area contributed by atoms with Gasteiger partial charge in [-0.2, -0.15) is 0 Å². The van der Waals surface area contributed by atoms with Crippen molar-refractivity contribution in [2.45, 2.75) is 32.0 Å². The minimum atomic E-state index is -0.722. The van der Waals surface area contributed by atoms with Crippen molar-refractivity contribution in [3.63, 3.8) is 0 Å². The van der Waals surface area contributed by atoms with Crippen molar-refractivity contribution in [2.24, 2.45) is 0 Å². The minimum Gasteiger partial charge on any atom is -0.466 e. The van der Waals surface area contributed by atoms with Crippen molar-refractivity contribution in [3.8, 4) is 0 Å². The van der Waals surface area contributed by atoms with Crippen LogP contribution in [0.2, 0.25) is 0 Å². The molecule has 0 aromatic rings. The molecule has 86 valence electrons. The van der Waals surface area contributed by atoms with Gasteiger partial charge in [0.2, 0.25) is 0 Å². The molecular formula is C9H13BrO5. The standard InChI is InChI=1S/C9H13BrO5/c1-2-13-8(11)4-6-3-7(5-10)15-9(12)14-6/h6-7H,2-5H2,1H3/t6-,7+/m1/s1. The number of carbonyl (C=O) groups is 2. The average molecular weight is 281 g/mol. The van der Waals surface area contributed by atoms with E-state index in [1.807, 2.05) is 0 Å². The molecule has 0 aliphatic carbocycles. The Morgan fingerprint density at radius 3 is 2.80 bits per heavy atom. The van der Waals surface area contributed by atoms with E-state index in [1.54, 1.807) is 6.92 Å². The van der Waals surface area contributed by atoms with Crippen LogP contribution >= 0.6 is 15.9 Å². The molecule has 1 fully saturated rings. The third-order valence-corrected chi connectivity index (χ3v) is 2.65. The van der Waals surface area contributed by atoms with Gasteiger partial charge in [0, 0.05) is 11.8 Å². The normalized spacial score (nSPS) is 25.3. The fraction of sp³-hybridized carbons (Fsp3) is 0.778. The predicted octanol–water partition coefficient (Wildman–Crippen LogP) is 1.63. The lowest BCUT2D eigenvalue weighted by Crippen LogP contribution is -2.36. The first-order valence-electron chi connectivity index (χ1n) is 4.74. The SMILES string of the molecule is CCOC(=O)C[C@H]1C[C@@H](CBr)OC(=O)O1. The summed E-state index contributed by atoms with van der Waals surface area (Å²) in [4.78, 5) is 22.1. The average Bonchev–Trinajstić information content (AvgIpc) is 2.17. The number of halogens is 1. The van der Waals surface area contributed by atoms with E-state index in [-0.39, 0.29) is 18.5 Å². The first kappa shape index (κ1) is 12.3. The summed E-state index contributed by atoms with van der Waals surface area (Å²) in [5.41, 5.74) is 0. The summed E-state index contributed by atoms with van der Waals surface area (Å²) in [6.07, 6.45) is -0.791. The number of cyclic esters (lactones) is 2. The fourth-order valence-corrected chi connectivity index (χ4v) is 1.71. The molecule has 0 radical (unpaired) electrons. The number of rotatable bonds is 4. The van der Waals surface area contributed by atoms with Gasteiger partial charge in [-0.3, -0.25) is 4.79 Å². The van der Waals surface area contributed by atoms with Crippen molar-refractivity contribution >= 4 is 28.1 Å². The number of hydrogen-bond donors (Lipinski definition) is 0. The van der Waals surface area contributed by atoms with Crippen LogP contribution in [0.4, 0.5) is 4.79 Å². The van der Waals surface area contributed by atoms with Gasteiger partial charge in [0.25, 0.3) is 0 Å². The third kappa shape index (κ3) is 4.07. The summed E-state index contributed by atoms with van der Waals surface area (Å²) in [5.74, 6) is -0.356. The summed E-state index contributed by atoms with van der Waals surface area (Å²) >= 11 is 3.21. The molecule has 0 spiro atoms. The van der Waals surface area contributed by atoms with Crippen LogP contribution in [0.15, 0.2) is 0 Å². The smallest absolute Gasteiger partial charge is 0.466 e. The second-order valence-electron chi connectivity index (χ2n) is 3.13. The van der Waals surface area contributed by atoms with Crippen LogP contribution in [0.5, 0.6) is 0 Å². The zero-order valence-electron chi connectivity index (χ0n) is 8.40. The molecule has 0 amide bonds. The van der Waals surface area contributed by atoms with E-state index in [4.69, 9.17) is 14.2 Å². The Balaban J connectivity index is 2.40.